The molecular formula is C11H17N3O3. The monoisotopic (exact) mass is 239 g/mol. The molecule has 94 valence electrons. The molecule has 6 nitrogen and oxygen atoms in total. The van der Waals surface area contributed by atoms with Gasteiger partial charge in [-0.2, -0.15) is 5.10 Å². The zero-order valence-electron chi connectivity index (χ0n) is 9.93. The van der Waals surface area contributed by atoms with Crippen LogP contribution in [0.4, 0.5) is 0 Å². The maximum absolute atomic E-state index is 11.5. The van der Waals surface area contributed by atoms with Gasteiger partial charge in [-0.15, -0.1) is 0 Å². The highest BCUT2D eigenvalue weighted by atomic mass is 16.4. The number of aromatic amines is 1. The summed E-state index contributed by atoms with van der Waals surface area (Å²) in [6.07, 6.45) is 2.01. The van der Waals surface area contributed by atoms with E-state index in [4.69, 9.17) is 5.11 Å². The lowest BCUT2D eigenvalue weighted by Gasteiger charge is -2.14. The van der Waals surface area contributed by atoms with Crippen molar-refractivity contribution in [2.45, 2.75) is 20.3 Å². The van der Waals surface area contributed by atoms with Gasteiger partial charge in [0.1, 0.15) is 5.69 Å². The van der Waals surface area contributed by atoms with Crippen LogP contribution in [-0.4, -0.2) is 33.7 Å². The predicted molar refractivity (Wildman–Crippen MR) is 61.5 cm³/mol. The first-order valence-electron chi connectivity index (χ1n) is 5.51. The van der Waals surface area contributed by atoms with Gasteiger partial charge in [-0.3, -0.25) is 14.7 Å². The molecule has 1 unspecified atom stereocenters. The van der Waals surface area contributed by atoms with Crippen LogP contribution < -0.4 is 5.32 Å². The number of carbonyl (C=O) groups excluding carboxylic acids is 1. The standard InChI is InChI=1S/C11H17N3O3/c1-7(2)5-8(11(16)17)6-12-10(15)9-3-4-13-14-9/h3-4,7-8H,5-6H2,1-2H3,(H,12,15)(H,13,14)(H,16,17). The topological polar surface area (TPSA) is 95.1 Å². The zero-order chi connectivity index (χ0) is 12.8. The van der Waals surface area contributed by atoms with Gasteiger partial charge < -0.3 is 10.4 Å². The normalized spacial score (nSPS) is 12.4. The number of aliphatic carboxylic acids is 1. The highest BCUT2D eigenvalue weighted by Gasteiger charge is 2.20. The second-order valence-corrected chi connectivity index (χ2v) is 4.35. The van der Waals surface area contributed by atoms with Crippen molar-refractivity contribution in [1.29, 1.82) is 0 Å². The Bertz CT molecular complexity index is 373. The summed E-state index contributed by atoms with van der Waals surface area (Å²) in [5, 5.41) is 17.7. The van der Waals surface area contributed by atoms with Crippen molar-refractivity contribution >= 4 is 11.9 Å². The maximum Gasteiger partial charge on any atom is 0.308 e. The molecule has 0 bridgehead atoms. The Kier molecular flexibility index (Phi) is 4.68. The van der Waals surface area contributed by atoms with Crippen LogP contribution in [0.3, 0.4) is 0 Å². The molecule has 1 heterocycles. The van der Waals surface area contributed by atoms with Crippen molar-refractivity contribution < 1.29 is 14.7 Å². The summed E-state index contributed by atoms with van der Waals surface area (Å²) in [6, 6.07) is 1.54. The van der Waals surface area contributed by atoms with E-state index in [0.717, 1.165) is 0 Å². The van der Waals surface area contributed by atoms with Gasteiger partial charge in [0.2, 0.25) is 0 Å². The number of carboxylic acids is 1. The minimum absolute atomic E-state index is 0.130. The van der Waals surface area contributed by atoms with Gasteiger partial charge in [0.15, 0.2) is 0 Å². The lowest BCUT2D eigenvalue weighted by atomic mass is 9.97. The molecule has 0 aliphatic carbocycles. The van der Waals surface area contributed by atoms with E-state index in [1.54, 1.807) is 0 Å². The number of H-pyrrole nitrogens is 1. The highest BCUT2D eigenvalue weighted by molar-refractivity contribution is 5.92. The largest absolute Gasteiger partial charge is 0.481 e. The molecule has 0 radical (unpaired) electrons. The van der Waals surface area contributed by atoms with E-state index in [-0.39, 0.29) is 18.4 Å². The van der Waals surface area contributed by atoms with Gasteiger partial charge in [-0.25, -0.2) is 0 Å². The summed E-state index contributed by atoms with van der Waals surface area (Å²) in [6.45, 7) is 4.03. The Hall–Kier alpha value is -1.85. The number of hydrogen-bond donors (Lipinski definition) is 3. The van der Waals surface area contributed by atoms with Gasteiger partial charge in [0, 0.05) is 12.7 Å². The molecule has 3 N–H and O–H groups in total. The summed E-state index contributed by atoms with van der Waals surface area (Å²) < 4.78 is 0. The van der Waals surface area contributed by atoms with Crippen molar-refractivity contribution in [2.75, 3.05) is 6.54 Å². The SMILES string of the molecule is CC(C)CC(CNC(=O)c1ccn[nH]1)C(=O)O. The van der Waals surface area contributed by atoms with Crippen molar-refractivity contribution in [3.63, 3.8) is 0 Å². The third-order valence-electron chi connectivity index (χ3n) is 2.36. The number of aromatic nitrogens is 2. The third kappa shape index (κ3) is 4.26. The van der Waals surface area contributed by atoms with Crippen molar-refractivity contribution in [3.8, 4) is 0 Å². The first kappa shape index (κ1) is 13.2. The Labute approximate surface area is 99.4 Å². The van der Waals surface area contributed by atoms with E-state index in [0.29, 0.717) is 12.1 Å². The number of rotatable bonds is 6. The summed E-state index contributed by atoms with van der Waals surface area (Å²) in [7, 11) is 0. The van der Waals surface area contributed by atoms with Crippen molar-refractivity contribution in [3.05, 3.63) is 18.0 Å². The molecule has 1 atom stereocenters. The first-order chi connectivity index (χ1) is 8.00. The van der Waals surface area contributed by atoms with Crippen LogP contribution in [0.2, 0.25) is 0 Å². The Morgan fingerprint density at radius 3 is 2.71 bits per heavy atom. The third-order valence-corrected chi connectivity index (χ3v) is 2.36. The van der Waals surface area contributed by atoms with E-state index in [2.05, 4.69) is 15.5 Å². The van der Waals surface area contributed by atoms with Gasteiger partial charge in [0.05, 0.1) is 5.92 Å². The van der Waals surface area contributed by atoms with Crippen LogP contribution in [0.15, 0.2) is 12.3 Å². The zero-order valence-corrected chi connectivity index (χ0v) is 9.93. The predicted octanol–water partition coefficient (Wildman–Crippen LogP) is 0.886. The number of amides is 1. The first-order valence-corrected chi connectivity index (χ1v) is 5.51. The molecule has 1 amide bonds. The van der Waals surface area contributed by atoms with E-state index >= 15 is 0 Å². The van der Waals surface area contributed by atoms with E-state index in [1.807, 2.05) is 13.8 Å². The Balaban J connectivity index is 2.47. The Morgan fingerprint density at radius 2 is 2.24 bits per heavy atom. The quantitative estimate of drug-likeness (QED) is 0.687. The van der Waals surface area contributed by atoms with Crippen LogP contribution in [0.25, 0.3) is 0 Å². The lowest BCUT2D eigenvalue weighted by Crippen LogP contribution is -2.33. The molecule has 0 fully saturated rings. The molecule has 0 saturated heterocycles. The summed E-state index contributed by atoms with van der Waals surface area (Å²) >= 11 is 0. The molecular weight excluding hydrogens is 222 g/mol. The van der Waals surface area contributed by atoms with E-state index < -0.39 is 11.9 Å². The molecule has 1 aromatic rings. The molecule has 0 aromatic carbocycles. The summed E-state index contributed by atoms with van der Waals surface area (Å²) in [5.74, 6) is -1.50. The molecule has 17 heavy (non-hydrogen) atoms. The maximum atomic E-state index is 11.5. The molecule has 6 heteroatoms. The molecule has 1 aromatic heterocycles. The minimum Gasteiger partial charge on any atom is -0.481 e. The molecule has 0 aliphatic heterocycles. The fraction of sp³-hybridized carbons (Fsp3) is 0.545. The molecule has 0 aliphatic rings. The van der Waals surface area contributed by atoms with Gasteiger partial charge in [-0.1, -0.05) is 13.8 Å². The average molecular weight is 239 g/mol. The van der Waals surface area contributed by atoms with Gasteiger partial charge >= 0.3 is 5.97 Å². The summed E-state index contributed by atoms with van der Waals surface area (Å²) in [4.78, 5) is 22.5. The average Bonchev–Trinajstić information content (AvgIpc) is 2.76. The van der Waals surface area contributed by atoms with Gasteiger partial charge in [0.25, 0.3) is 5.91 Å². The molecule has 0 spiro atoms. The number of carboxylic acid groups (broad SMARTS) is 1. The highest BCUT2D eigenvalue weighted by Crippen LogP contribution is 2.11. The van der Waals surface area contributed by atoms with Crippen LogP contribution in [0.1, 0.15) is 30.8 Å². The van der Waals surface area contributed by atoms with Crippen LogP contribution in [0.5, 0.6) is 0 Å². The molecule has 1 rings (SSSR count). The van der Waals surface area contributed by atoms with E-state index in [1.165, 1.54) is 12.3 Å². The van der Waals surface area contributed by atoms with Crippen LogP contribution in [-0.2, 0) is 4.79 Å². The molecule has 0 saturated carbocycles. The Morgan fingerprint density at radius 1 is 1.53 bits per heavy atom. The van der Waals surface area contributed by atoms with E-state index in [9.17, 15) is 9.59 Å². The fourth-order valence-electron chi connectivity index (χ4n) is 1.53. The van der Waals surface area contributed by atoms with Crippen LogP contribution in [0, 0.1) is 11.8 Å². The van der Waals surface area contributed by atoms with Crippen molar-refractivity contribution in [1.82, 2.24) is 15.5 Å². The number of hydrogen-bond acceptors (Lipinski definition) is 3. The number of nitrogens with zero attached hydrogens (tertiary/aromatic N) is 1. The summed E-state index contributed by atoms with van der Waals surface area (Å²) in [5.41, 5.74) is 0.332. The lowest BCUT2D eigenvalue weighted by molar-refractivity contribution is -0.142. The van der Waals surface area contributed by atoms with Crippen LogP contribution >= 0.6 is 0 Å². The second-order valence-electron chi connectivity index (χ2n) is 4.35. The number of nitrogens with one attached hydrogen (secondary N) is 2. The van der Waals surface area contributed by atoms with Gasteiger partial charge in [-0.05, 0) is 18.4 Å². The van der Waals surface area contributed by atoms with Crippen molar-refractivity contribution in [2.24, 2.45) is 11.8 Å². The minimum atomic E-state index is -0.886. The fourth-order valence-corrected chi connectivity index (χ4v) is 1.53. The number of carbonyl (C=O) groups is 2. The smallest absolute Gasteiger partial charge is 0.308 e. The second kappa shape index (κ2) is 6.03.